The topological polar surface area (TPSA) is 43.4 Å². The second-order valence-corrected chi connectivity index (χ2v) is 5.08. The van der Waals surface area contributed by atoms with E-state index < -0.39 is 11.9 Å². The average molecular weight is 385 g/mol. The molecule has 1 aliphatic heterocycles. The molecule has 0 radical (unpaired) electrons. The summed E-state index contributed by atoms with van der Waals surface area (Å²) in [5.41, 5.74) is 0.529. The summed E-state index contributed by atoms with van der Waals surface area (Å²) in [7, 11) is 0. The predicted molar refractivity (Wildman–Crippen MR) is 59.3 cm³/mol. The highest BCUT2D eigenvalue weighted by Gasteiger charge is 2.35. The lowest BCUT2D eigenvalue weighted by molar-refractivity contribution is 0.0443. The summed E-state index contributed by atoms with van der Waals surface area (Å²) in [5.74, 6) is -1.25. The SMILES string of the molecule is O=C1OC(=O)c2c(Br)c(Br)cc(Br)c21. The summed E-state index contributed by atoms with van der Waals surface area (Å²) in [6, 6.07) is 1.68. The summed E-state index contributed by atoms with van der Waals surface area (Å²) >= 11 is 9.66. The van der Waals surface area contributed by atoms with Gasteiger partial charge in [0.15, 0.2) is 0 Å². The lowest BCUT2D eigenvalue weighted by atomic mass is 10.1. The number of fused-ring (bicyclic) bond motifs is 1. The Bertz CT molecular complexity index is 467. The van der Waals surface area contributed by atoms with Crippen molar-refractivity contribution in [2.45, 2.75) is 0 Å². The van der Waals surface area contributed by atoms with Gasteiger partial charge in [0, 0.05) is 13.4 Å². The highest BCUT2D eigenvalue weighted by atomic mass is 79.9. The zero-order chi connectivity index (χ0) is 10.5. The van der Waals surface area contributed by atoms with Crippen LogP contribution in [0.15, 0.2) is 19.5 Å². The molecule has 2 rings (SSSR count). The standard InChI is InChI=1S/C8HBr3O3/c9-2-1-3(10)6(11)5-4(2)7(12)14-8(5)13/h1H. The number of hydrogen-bond acceptors (Lipinski definition) is 3. The molecule has 3 nitrogen and oxygen atoms in total. The number of carbonyl (C=O) groups is 2. The molecule has 1 heterocycles. The largest absolute Gasteiger partial charge is 0.386 e. The number of cyclic esters (lactones) is 2. The maximum absolute atomic E-state index is 11.3. The van der Waals surface area contributed by atoms with E-state index in [1.807, 2.05) is 0 Å². The van der Waals surface area contributed by atoms with Crippen LogP contribution in [-0.4, -0.2) is 11.9 Å². The quantitative estimate of drug-likeness (QED) is 0.391. The van der Waals surface area contributed by atoms with Crippen LogP contribution in [0.4, 0.5) is 0 Å². The van der Waals surface area contributed by atoms with Crippen molar-refractivity contribution in [2.75, 3.05) is 0 Å². The van der Waals surface area contributed by atoms with Crippen LogP contribution < -0.4 is 0 Å². The second-order valence-electron chi connectivity index (χ2n) is 2.58. The molecular formula is C8HBr3O3. The van der Waals surface area contributed by atoms with E-state index in [0.717, 1.165) is 0 Å². The molecule has 14 heavy (non-hydrogen) atoms. The third-order valence-electron chi connectivity index (χ3n) is 1.77. The van der Waals surface area contributed by atoms with Crippen molar-refractivity contribution in [2.24, 2.45) is 0 Å². The molecule has 0 unspecified atom stereocenters. The van der Waals surface area contributed by atoms with E-state index in [-0.39, 0.29) is 11.1 Å². The molecular weight excluding hydrogens is 384 g/mol. The minimum Gasteiger partial charge on any atom is -0.386 e. The number of halogens is 3. The van der Waals surface area contributed by atoms with Gasteiger partial charge in [0.25, 0.3) is 0 Å². The summed E-state index contributed by atoms with van der Waals surface area (Å²) in [6.07, 6.45) is 0. The van der Waals surface area contributed by atoms with Crippen LogP contribution in [-0.2, 0) is 4.74 Å². The fourth-order valence-electron chi connectivity index (χ4n) is 1.17. The first-order chi connectivity index (χ1) is 6.52. The molecule has 1 aromatic carbocycles. The van der Waals surface area contributed by atoms with Gasteiger partial charge in [-0.15, -0.1) is 0 Å². The summed E-state index contributed by atoms with van der Waals surface area (Å²) in [4.78, 5) is 22.5. The van der Waals surface area contributed by atoms with Gasteiger partial charge in [-0.2, -0.15) is 0 Å². The van der Waals surface area contributed by atoms with Crippen molar-refractivity contribution in [1.82, 2.24) is 0 Å². The van der Waals surface area contributed by atoms with E-state index >= 15 is 0 Å². The Labute approximate surface area is 104 Å². The molecule has 0 N–H and O–H groups in total. The van der Waals surface area contributed by atoms with Gasteiger partial charge in [-0.1, -0.05) is 0 Å². The van der Waals surface area contributed by atoms with E-state index in [0.29, 0.717) is 13.4 Å². The van der Waals surface area contributed by atoms with Gasteiger partial charge in [-0.25, -0.2) is 9.59 Å². The average Bonchev–Trinajstić information content (AvgIpc) is 2.38. The zero-order valence-corrected chi connectivity index (χ0v) is 11.2. The molecule has 0 saturated heterocycles. The van der Waals surface area contributed by atoms with Gasteiger partial charge >= 0.3 is 11.9 Å². The van der Waals surface area contributed by atoms with E-state index in [1.165, 1.54) is 0 Å². The van der Waals surface area contributed by atoms with E-state index in [1.54, 1.807) is 6.07 Å². The van der Waals surface area contributed by atoms with Crippen LogP contribution in [0.25, 0.3) is 0 Å². The van der Waals surface area contributed by atoms with Crippen LogP contribution in [0, 0.1) is 0 Å². The highest BCUT2D eigenvalue weighted by Crippen LogP contribution is 2.38. The van der Waals surface area contributed by atoms with Gasteiger partial charge < -0.3 is 4.74 Å². The number of hydrogen-bond donors (Lipinski definition) is 0. The molecule has 0 amide bonds. The summed E-state index contributed by atoms with van der Waals surface area (Å²) in [6.45, 7) is 0. The first-order valence-electron chi connectivity index (χ1n) is 3.46. The Hall–Kier alpha value is -0.200. The molecule has 0 aliphatic carbocycles. The fourth-order valence-corrected chi connectivity index (χ4v) is 2.97. The van der Waals surface area contributed by atoms with Gasteiger partial charge in [0.05, 0.1) is 11.1 Å². The first kappa shape index (κ1) is 10.3. The minimum atomic E-state index is -0.626. The van der Waals surface area contributed by atoms with Crippen molar-refractivity contribution < 1.29 is 14.3 Å². The normalized spacial score (nSPS) is 14.2. The third kappa shape index (κ3) is 1.36. The molecule has 1 aromatic rings. The molecule has 0 aromatic heterocycles. The van der Waals surface area contributed by atoms with Crippen LogP contribution in [0.1, 0.15) is 20.7 Å². The van der Waals surface area contributed by atoms with E-state index in [4.69, 9.17) is 0 Å². The monoisotopic (exact) mass is 382 g/mol. The Morgan fingerprint density at radius 2 is 1.50 bits per heavy atom. The van der Waals surface area contributed by atoms with E-state index in [2.05, 4.69) is 52.5 Å². The predicted octanol–water partition coefficient (Wildman–Crippen LogP) is 3.28. The van der Waals surface area contributed by atoms with Crippen LogP contribution in [0.2, 0.25) is 0 Å². The maximum Gasteiger partial charge on any atom is 0.348 e. The van der Waals surface area contributed by atoms with Crippen LogP contribution in [0.5, 0.6) is 0 Å². The van der Waals surface area contributed by atoms with Crippen molar-refractivity contribution in [1.29, 1.82) is 0 Å². The molecule has 1 aliphatic rings. The number of rotatable bonds is 0. The number of benzene rings is 1. The molecule has 0 fully saturated rings. The minimum absolute atomic E-state index is 0.260. The lowest BCUT2D eigenvalue weighted by Gasteiger charge is -2.01. The van der Waals surface area contributed by atoms with Crippen molar-refractivity contribution in [3.8, 4) is 0 Å². The van der Waals surface area contributed by atoms with Crippen molar-refractivity contribution in [3.05, 3.63) is 30.6 Å². The Morgan fingerprint density at radius 3 is 2.14 bits per heavy atom. The highest BCUT2D eigenvalue weighted by molar-refractivity contribution is 9.13. The van der Waals surface area contributed by atoms with Crippen molar-refractivity contribution >= 4 is 59.7 Å². The van der Waals surface area contributed by atoms with Gasteiger partial charge in [0.1, 0.15) is 0 Å². The molecule has 72 valence electrons. The first-order valence-corrected chi connectivity index (χ1v) is 5.84. The Balaban J connectivity index is 2.86. The number of carbonyl (C=O) groups excluding carboxylic acids is 2. The maximum atomic E-state index is 11.3. The number of ether oxygens (including phenoxy) is 1. The summed E-state index contributed by atoms with van der Waals surface area (Å²) < 4.78 is 6.25. The fraction of sp³-hybridized carbons (Fsp3) is 0. The smallest absolute Gasteiger partial charge is 0.348 e. The molecule has 0 bridgehead atoms. The van der Waals surface area contributed by atoms with Gasteiger partial charge in [0.2, 0.25) is 0 Å². The molecule has 0 saturated carbocycles. The van der Waals surface area contributed by atoms with Crippen molar-refractivity contribution in [3.63, 3.8) is 0 Å². The van der Waals surface area contributed by atoms with Gasteiger partial charge in [-0.05, 0) is 53.9 Å². The van der Waals surface area contributed by atoms with Crippen LogP contribution >= 0.6 is 47.8 Å². The Morgan fingerprint density at radius 1 is 0.929 bits per heavy atom. The molecule has 0 atom stereocenters. The molecule has 6 heteroatoms. The lowest BCUT2D eigenvalue weighted by Crippen LogP contribution is -1.97. The zero-order valence-electron chi connectivity index (χ0n) is 6.44. The number of esters is 2. The van der Waals surface area contributed by atoms with E-state index in [9.17, 15) is 9.59 Å². The third-order valence-corrected chi connectivity index (χ3v) is 4.37. The summed E-state index contributed by atoms with van der Waals surface area (Å²) in [5, 5.41) is 0. The molecule has 0 spiro atoms. The Kier molecular flexibility index (Phi) is 2.53. The van der Waals surface area contributed by atoms with Crippen LogP contribution in [0.3, 0.4) is 0 Å². The van der Waals surface area contributed by atoms with Gasteiger partial charge in [-0.3, -0.25) is 0 Å². The second kappa shape index (κ2) is 3.43.